The lowest BCUT2D eigenvalue weighted by molar-refractivity contribution is -0.149. The van der Waals surface area contributed by atoms with Crippen molar-refractivity contribution < 1.29 is 14.3 Å². The number of hydrogen-bond donors (Lipinski definition) is 0. The van der Waals surface area contributed by atoms with Gasteiger partial charge in [-0.3, -0.25) is 14.3 Å². The number of carbonyl (C=O) groups is 2. The van der Waals surface area contributed by atoms with Gasteiger partial charge in [-0.2, -0.15) is 5.10 Å². The molecule has 2 aromatic rings. The van der Waals surface area contributed by atoms with Gasteiger partial charge in [-0.25, -0.2) is 0 Å². The van der Waals surface area contributed by atoms with Gasteiger partial charge in [-0.05, 0) is 49.9 Å². The molecule has 1 fully saturated rings. The Balaban J connectivity index is 1.90. The van der Waals surface area contributed by atoms with E-state index in [0.29, 0.717) is 18.6 Å². The number of amides is 1. The highest BCUT2D eigenvalue weighted by molar-refractivity contribution is 5.83. The van der Waals surface area contributed by atoms with Gasteiger partial charge in [0.25, 0.3) is 0 Å². The van der Waals surface area contributed by atoms with Gasteiger partial charge in [0, 0.05) is 32.3 Å². The van der Waals surface area contributed by atoms with Gasteiger partial charge < -0.3 is 9.64 Å². The smallest absolute Gasteiger partial charge is 0.316 e. The molecule has 0 aliphatic carbocycles. The third-order valence-corrected chi connectivity index (χ3v) is 5.20. The molecule has 0 saturated carbocycles. The summed E-state index contributed by atoms with van der Waals surface area (Å²) in [6, 6.07) is 3.60. The van der Waals surface area contributed by atoms with Crippen LogP contribution in [0, 0.1) is 26.7 Å². The van der Waals surface area contributed by atoms with E-state index in [-0.39, 0.29) is 17.9 Å². The highest BCUT2D eigenvalue weighted by atomic mass is 16.5. The van der Waals surface area contributed by atoms with E-state index in [1.807, 2.05) is 40.1 Å². The molecule has 0 unspecified atom stereocenters. The summed E-state index contributed by atoms with van der Waals surface area (Å²) in [6.45, 7) is 5.94. The van der Waals surface area contributed by atoms with Crippen molar-refractivity contribution in [3.8, 4) is 5.75 Å². The summed E-state index contributed by atoms with van der Waals surface area (Å²) in [6.07, 6.45) is 4.38. The number of rotatable bonds is 3. The molecule has 1 aromatic carbocycles. The Hall–Kier alpha value is -2.63. The zero-order valence-corrected chi connectivity index (χ0v) is 15.9. The van der Waals surface area contributed by atoms with Crippen molar-refractivity contribution in [2.75, 3.05) is 7.05 Å². The van der Waals surface area contributed by atoms with E-state index in [2.05, 4.69) is 11.2 Å². The number of piperidine rings is 1. The van der Waals surface area contributed by atoms with Gasteiger partial charge in [0.1, 0.15) is 5.75 Å². The molecule has 138 valence electrons. The molecular formula is C20H25N3O3. The van der Waals surface area contributed by atoms with Gasteiger partial charge in [-0.15, -0.1) is 0 Å². The molecule has 3 rings (SSSR count). The Bertz CT molecular complexity index is 856. The molecule has 2 atom stereocenters. The lowest BCUT2D eigenvalue weighted by Gasteiger charge is -2.37. The first-order valence-corrected chi connectivity index (χ1v) is 8.81. The standard InChI is InChI=1S/C20H25N3O3/c1-12-8-13(2)14(3)17(9-12)26-20(25)16-6-7-18(24)23(5)19(16)15-10-21-22(4)11-15/h8-11,16,19H,6-7H2,1-5H3/t16-,19-/m0/s1. The van der Waals surface area contributed by atoms with Crippen LogP contribution >= 0.6 is 0 Å². The number of aromatic nitrogens is 2. The molecular weight excluding hydrogens is 330 g/mol. The molecule has 6 heteroatoms. The number of likely N-dealkylation sites (tertiary alicyclic amines) is 1. The van der Waals surface area contributed by atoms with Crippen molar-refractivity contribution in [3.63, 3.8) is 0 Å². The number of carbonyl (C=O) groups excluding carboxylic acids is 2. The van der Waals surface area contributed by atoms with Gasteiger partial charge in [-0.1, -0.05) is 6.07 Å². The maximum absolute atomic E-state index is 13.0. The zero-order valence-electron chi connectivity index (χ0n) is 15.9. The van der Waals surface area contributed by atoms with Crippen LogP contribution in [0.2, 0.25) is 0 Å². The number of aryl methyl sites for hydroxylation is 3. The lowest BCUT2D eigenvalue weighted by atomic mass is 9.86. The maximum Gasteiger partial charge on any atom is 0.316 e. The Kier molecular flexibility index (Phi) is 4.85. The first-order valence-electron chi connectivity index (χ1n) is 8.81. The van der Waals surface area contributed by atoms with E-state index < -0.39 is 5.92 Å². The fourth-order valence-electron chi connectivity index (χ4n) is 3.62. The summed E-state index contributed by atoms with van der Waals surface area (Å²) in [7, 11) is 3.56. The topological polar surface area (TPSA) is 64.4 Å². The van der Waals surface area contributed by atoms with Gasteiger partial charge in [0.2, 0.25) is 5.91 Å². The van der Waals surface area contributed by atoms with E-state index in [9.17, 15) is 9.59 Å². The summed E-state index contributed by atoms with van der Waals surface area (Å²) >= 11 is 0. The highest BCUT2D eigenvalue weighted by Crippen LogP contribution is 2.37. The third-order valence-electron chi connectivity index (χ3n) is 5.20. The van der Waals surface area contributed by atoms with Gasteiger partial charge >= 0.3 is 5.97 Å². The second-order valence-electron chi connectivity index (χ2n) is 7.17. The monoisotopic (exact) mass is 355 g/mol. The average Bonchev–Trinajstić information content (AvgIpc) is 3.00. The molecule has 26 heavy (non-hydrogen) atoms. The molecule has 0 bridgehead atoms. The minimum Gasteiger partial charge on any atom is -0.426 e. The predicted octanol–water partition coefficient (Wildman–Crippen LogP) is 2.86. The maximum atomic E-state index is 13.0. The molecule has 1 aliphatic rings. The number of hydrogen-bond acceptors (Lipinski definition) is 4. The Morgan fingerprint density at radius 2 is 1.96 bits per heavy atom. The van der Waals surface area contributed by atoms with Gasteiger partial charge in [0.05, 0.1) is 18.2 Å². The van der Waals surface area contributed by atoms with Crippen molar-refractivity contribution in [1.29, 1.82) is 0 Å². The zero-order chi connectivity index (χ0) is 19.0. The molecule has 0 radical (unpaired) electrons. The molecule has 1 aromatic heterocycles. The van der Waals surface area contributed by atoms with Crippen LogP contribution in [-0.2, 0) is 16.6 Å². The van der Waals surface area contributed by atoms with Crippen LogP contribution < -0.4 is 4.74 Å². The minimum absolute atomic E-state index is 0.0329. The van der Waals surface area contributed by atoms with Gasteiger partial charge in [0.15, 0.2) is 0 Å². The van der Waals surface area contributed by atoms with Crippen LogP contribution in [0.1, 0.15) is 41.1 Å². The van der Waals surface area contributed by atoms with E-state index in [1.54, 1.807) is 22.8 Å². The molecule has 1 amide bonds. The number of benzene rings is 1. The summed E-state index contributed by atoms with van der Waals surface area (Å²) < 4.78 is 7.46. The fourth-order valence-corrected chi connectivity index (χ4v) is 3.62. The largest absolute Gasteiger partial charge is 0.426 e. The second-order valence-corrected chi connectivity index (χ2v) is 7.17. The predicted molar refractivity (Wildman–Crippen MR) is 97.7 cm³/mol. The summed E-state index contributed by atoms with van der Waals surface area (Å²) in [5.74, 6) is -0.0871. The molecule has 0 N–H and O–H groups in total. The van der Waals surface area contributed by atoms with Crippen LogP contribution in [-0.4, -0.2) is 33.6 Å². The number of nitrogens with zero attached hydrogens (tertiary/aromatic N) is 3. The van der Waals surface area contributed by atoms with E-state index in [1.165, 1.54) is 0 Å². The molecule has 2 heterocycles. The van der Waals surface area contributed by atoms with Crippen LogP contribution in [0.15, 0.2) is 24.5 Å². The molecule has 0 spiro atoms. The van der Waals surface area contributed by atoms with Crippen molar-refractivity contribution in [2.45, 2.75) is 39.7 Å². The SMILES string of the molecule is Cc1cc(C)c(C)c(OC(=O)[C@H]2CCC(=O)N(C)[C@H]2c2cnn(C)c2)c1. The minimum atomic E-state index is -0.415. The van der Waals surface area contributed by atoms with Crippen LogP contribution in [0.5, 0.6) is 5.75 Å². The highest BCUT2D eigenvalue weighted by Gasteiger charge is 2.40. The van der Waals surface area contributed by atoms with Crippen LogP contribution in [0.3, 0.4) is 0 Å². The summed E-state index contributed by atoms with van der Waals surface area (Å²) in [5, 5.41) is 4.19. The number of esters is 1. The molecule has 1 saturated heterocycles. The van der Waals surface area contributed by atoms with Crippen molar-refractivity contribution >= 4 is 11.9 Å². The number of ether oxygens (including phenoxy) is 1. The van der Waals surface area contributed by atoms with Crippen LogP contribution in [0.4, 0.5) is 0 Å². The summed E-state index contributed by atoms with van der Waals surface area (Å²) in [5.41, 5.74) is 3.95. The molecule has 6 nitrogen and oxygen atoms in total. The second kappa shape index (κ2) is 6.94. The van der Waals surface area contributed by atoms with E-state index in [4.69, 9.17) is 4.74 Å². The Morgan fingerprint density at radius 3 is 2.62 bits per heavy atom. The molecule has 1 aliphatic heterocycles. The Labute approximate surface area is 153 Å². The van der Waals surface area contributed by atoms with E-state index >= 15 is 0 Å². The van der Waals surface area contributed by atoms with E-state index in [0.717, 1.165) is 22.3 Å². The normalized spacial score (nSPS) is 20.3. The van der Waals surface area contributed by atoms with Crippen molar-refractivity contribution in [2.24, 2.45) is 13.0 Å². The lowest BCUT2D eigenvalue weighted by Crippen LogP contribution is -2.44. The average molecular weight is 355 g/mol. The third kappa shape index (κ3) is 3.36. The first-order chi connectivity index (χ1) is 12.3. The van der Waals surface area contributed by atoms with Crippen molar-refractivity contribution in [1.82, 2.24) is 14.7 Å². The fraction of sp³-hybridized carbons (Fsp3) is 0.450. The quantitative estimate of drug-likeness (QED) is 0.627. The first kappa shape index (κ1) is 18.2. The Morgan fingerprint density at radius 1 is 1.23 bits per heavy atom. The van der Waals surface area contributed by atoms with Crippen molar-refractivity contribution in [3.05, 3.63) is 46.8 Å². The summed E-state index contributed by atoms with van der Waals surface area (Å²) in [4.78, 5) is 26.8. The van der Waals surface area contributed by atoms with Crippen LogP contribution in [0.25, 0.3) is 0 Å².